The van der Waals surface area contributed by atoms with Crippen molar-refractivity contribution < 1.29 is 0 Å². The highest BCUT2D eigenvalue weighted by molar-refractivity contribution is 5.89. The van der Waals surface area contributed by atoms with Crippen molar-refractivity contribution in [1.29, 1.82) is 0 Å². The van der Waals surface area contributed by atoms with Crippen molar-refractivity contribution >= 4 is 16.9 Å². The fourth-order valence-electron chi connectivity index (χ4n) is 2.93. The number of fused-ring (bicyclic) bond motifs is 1. The van der Waals surface area contributed by atoms with Gasteiger partial charge < -0.3 is 5.32 Å². The topological polar surface area (TPSA) is 68.5 Å². The highest BCUT2D eigenvalue weighted by atomic mass is 15.4. The first-order valence-electron chi connectivity index (χ1n) is 9.13. The third kappa shape index (κ3) is 3.79. The van der Waals surface area contributed by atoms with Crippen molar-refractivity contribution in [3.05, 3.63) is 66.5 Å². The number of benzene rings is 1. The molecule has 0 fully saturated rings. The van der Waals surface area contributed by atoms with Crippen LogP contribution in [0, 0.1) is 5.92 Å². The predicted octanol–water partition coefficient (Wildman–Crippen LogP) is 4.00. The lowest BCUT2D eigenvalue weighted by atomic mass is 10.2. The molecule has 0 saturated heterocycles. The molecule has 4 aromatic rings. The van der Waals surface area contributed by atoms with Gasteiger partial charge in [-0.15, -0.1) is 10.2 Å². The van der Waals surface area contributed by atoms with Gasteiger partial charge in [0.1, 0.15) is 0 Å². The number of hydrogen-bond donors (Lipinski definition) is 1. The number of anilines is 1. The number of aromatic nitrogens is 5. The lowest BCUT2D eigenvalue weighted by molar-refractivity contribution is 0.674. The normalized spacial score (nSPS) is 11.2. The molecular weight excluding hydrogens is 336 g/mol. The first kappa shape index (κ1) is 17.1. The molecule has 6 nitrogen and oxygen atoms in total. The van der Waals surface area contributed by atoms with E-state index in [1.165, 1.54) is 5.56 Å². The van der Waals surface area contributed by atoms with Gasteiger partial charge in [0.25, 0.3) is 0 Å². The zero-order chi connectivity index (χ0) is 18.6. The average molecular weight is 358 g/mol. The fraction of sp³-hybridized carbons (Fsp3) is 0.238. The summed E-state index contributed by atoms with van der Waals surface area (Å²) in [6.07, 6.45) is 3.55. The molecule has 0 unspecified atom stereocenters. The van der Waals surface area contributed by atoms with Crippen LogP contribution >= 0.6 is 0 Å². The summed E-state index contributed by atoms with van der Waals surface area (Å²) in [7, 11) is 0. The molecular formula is C21H22N6. The van der Waals surface area contributed by atoms with E-state index >= 15 is 0 Å². The van der Waals surface area contributed by atoms with Gasteiger partial charge in [-0.1, -0.05) is 44.2 Å². The van der Waals surface area contributed by atoms with Gasteiger partial charge in [0.05, 0.1) is 17.6 Å². The van der Waals surface area contributed by atoms with Crippen molar-refractivity contribution in [3.8, 4) is 11.3 Å². The molecule has 0 spiro atoms. The molecule has 136 valence electrons. The summed E-state index contributed by atoms with van der Waals surface area (Å²) in [5.74, 6) is 1.36. The Labute approximate surface area is 158 Å². The van der Waals surface area contributed by atoms with Crippen molar-refractivity contribution in [2.45, 2.75) is 20.4 Å². The third-order valence-electron chi connectivity index (χ3n) is 4.30. The molecule has 0 amide bonds. The summed E-state index contributed by atoms with van der Waals surface area (Å²) < 4.78 is 1.91. The summed E-state index contributed by atoms with van der Waals surface area (Å²) in [4.78, 5) is 4.18. The Morgan fingerprint density at radius 2 is 1.89 bits per heavy atom. The van der Waals surface area contributed by atoms with Crippen LogP contribution in [0.1, 0.15) is 19.4 Å². The quantitative estimate of drug-likeness (QED) is 0.564. The van der Waals surface area contributed by atoms with E-state index < -0.39 is 0 Å². The van der Waals surface area contributed by atoms with E-state index in [-0.39, 0.29) is 0 Å². The lowest BCUT2D eigenvalue weighted by Gasteiger charge is -2.06. The Morgan fingerprint density at radius 3 is 2.63 bits per heavy atom. The molecule has 0 aliphatic heterocycles. The summed E-state index contributed by atoms with van der Waals surface area (Å²) >= 11 is 0. The van der Waals surface area contributed by atoms with E-state index in [9.17, 15) is 0 Å². The van der Waals surface area contributed by atoms with E-state index in [2.05, 4.69) is 46.5 Å². The molecule has 1 N–H and O–H groups in total. The van der Waals surface area contributed by atoms with Crippen LogP contribution in [0.3, 0.4) is 0 Å². The van der Waals surface area contributed by atoms with Gasteiger partial charge in [-0.3, -0.25) is 4.98 Å². The minimum atomic E-state index is 0.520. The molecule has 1 aromatic carbocycles. The van der Waals surface area contributed by atoms with Crippen LogP contribution in [0.15, 0.2) is 60.9 Å². The minimum Gasteiger partial charge on any atom is -0.368 e. The van der Waals surface area contributed by atoms with E-state index in [0.29, 0.717) is 12.5 Å². The lowest BCUT2D eigenvalue weighted by Crippen LogP contribution is -2.09. The van der Waals surface area contributed by atoms with Crippen molar-refractivity contribution in [1.82, 2.24) is 25.0 Å². The van der Waals surface area contributed by atoms with Crippen LogP contribution in [0.25, 0.3) is 22.3 Å². The molecule has 0 bridgehead atoms. The average Bonchev–Trinajstić information content (AvgIpc) is 3.04. The number of nitrogens with one attached hydrogen (secondary N) is 1. The van der Waals surface area contributed by atoms with E-state index in [1.54, 1.807) is 12.4 Å². The highest BCUT2D eigenvalue weighted by Gasteiger charge is 2.15. The van der Waals surface area contributed by atoms with Crippen molar-refractivity contribution in [2.24, 2.45) is 5.92 Å². The molecule has 6 heteroatoms. The van der Waals surface area contributed by atoms with Crippen LogP contribution in [0.2, 0.25) is 0 Å². The number of rotatable bonds is 6. The van der Waals surface area contributed by atoms with Gasteiger partial charge in [0.15, 0.2) is 11.5 Å². The van der Waals surface area contributed by atoms with Crippen LogP contribution in [-0.2, 0) is 6.54 Å². The Kier molecular flexibility index (Phi) is 4.78. The Bertz CT molecular complexity index is 1020. The molecule has 0 atom stereocenters. The van der Waals surface area contributed by atoms with Crippen LogP contribution < -0.4 is 5.32 Å². The standard InChI is InChI=1S/C21H22N6/c1-15(2)12-23-20-18-11-19(17-9-6-10-22-13-17)24-25-21(18)27(26-20)14-16-7-4-3-5-8-16/h3-11,13,15H,12,14H2,1-2H3,(H,23,26). The van der Waals surface area contributed by atoms with Crippen LogP contribution in [0.4, 0.5) is 5.82 Å². The zero-order valence-corrected chi connectivity index (χ0v) is 15.5. The summed E-state index contributed by atoms with van der Waals surface area (Å²) in [6.45, 7) is 5.86. The van der Waals surface area contributed by atoms with E-state index in [4.69, 9.17) is 5.10 Å². The first-order chi connectivity index (χ1) is 13.2. The maximum Gasteiger partial charge on any atom is 0.182 e. The number of nitrogens with zero attached hydrogens (tertiary/aromatic N) is 5. The van der Waals surface area contributed by atoms with Gasteiger partial charge in [0.2, 0.25) is 0 Å². The summed E-state index contributed by atoms with van der Waals surface area (Å²) in [5.41, 5.74) is 3.69. The van der Waals surface area contributed by atoms with E-state index in [0.717, 1.165) is 34.7 Å². The molecule has 0 aliphatic carbocycles. The predicted molar refractivity (Wildman–Crippen MR) is 107 cm³/mol. The third-order valence-corrected chi connectivity index (χ3v) is 4.30. The second-order valence-electron chi connectivity index (χ2n) is 6.98. The van der Waals surface area contributed by atoms with Crippen LogP contribution in [0.5, 0.6) is 0 Å². The minimum absolute atomic E-state index is 0.520. The van der Waals surface area contributed by atoms with Gasteiger partial charge in [-0.25, -0.2) is 4.68 Å². The zero-order valence-electron chi connectivity index (χ0n) is 15.5. The highest BCUT2D eigenvalue weighted by Crippen LogP contribution is 2.26. The Morgan fingerprint density at radius 1 is 1.04 bits per heavy atom. The molecule has 4 rings (SSSR count). The maximum atomic E-state index is 4.78. The number of hydrogen-bond acceptors (Lipinski definition) is 5. The smallest absolute Gasteiger partial charge is 0.182 e. The maximum absolute atomic E-state index is 4.78. The summed E-state index contributed by atoms with van der Waals surface area (Å²) in [5, 5.41) is 18.1. The first-order valence-corrected chi connectivity index (χ1v) is 9.13. The fourth-order valence-corrected chi connectivity index (χ4v) is 2.93. The van der Waals surface area contributed by atoms with Gasteiger partial charge >= 0.3 is 0 Å². The van der Waals surface area contributed by atoms with Crippen LogP contribution in [-0.4, -0.2) is 31.5 Å². The second kappa shape index (κ2) is 7.53. The van der Waals surface area contributed by atoms with Crippen molar-refractivity contribution in [3.63, 3.8) is 0 Å². The second-order valence-corrected chi connectivity index (χ2v) is 6.98. The molecule has 3 aromatic heterocycles. The molecule has 3 heterocycles. The van der Waals surface area contributed by atoms with E-state index in [1.807, 2.05) is 41.1 Å². The molecule has 27 heavy (non-hydrogen) atoms. The van der Waals surface area contributed by atoms with Gasteiger partial charge in [-0.2, -0.15) is 5.10 Å². The number of pyridine rings is 1. The van der Waals surface area contributed by atoms with Crippen molar-refractivity contribution in [2.75, 3.05) is 11.9 Å². The Balaban J connectivity index is 1.77. The summed E-state index contributed by atoms with van der Waals surface area (Å²) in [6, 6.07) is 16.2. The molecule has 0 aliphatic rings. The Hall–Kier alpha value is -3.28. The van der Waals surface area contributed by atoms with Gasteiger partial charge in [-0.05, 0) is 29.7 Å². The largest absolute Gasteiger partial charge is 0.368 e. The molecule has 0 saturated carbocycles. The SMILES string of the molecule is CC(C)CNc1nn(Cc2ccccc2)c2nnc(-c3cccnc3)cc12. The van der Waals surface area contributed by atoms with Gasteiger partial charge in [0, 0.05) is 24.5 Å². The monoisotopic (exact) mass is 358 g/mol. The molecule has 0 radical (unpaired) electrons.